The predicted octanol–water partition coefficient (Wildman–Crippen LogP) is 4.08. The van der Waals surface area contributed by atoms with Gasteiger partial charge in [-0.05, 0) is 44.6 Å². The Morgan fingerprint density at radius 1 is 1.48 bits per heavy atom. The number of hydrogen-bond acceptors (Lipinski definition) is 5. The summed E-state index contributed by atoms with van der Waals surface area (Å²) in [5, 5.41) is 15.1. The molecule has 0 radical (unpaired) electrons. The monoisotopic (exact) mass is 310 g/mol. The van der Waals surface area contributed by atoms with Gasteiger partial charge in [-0.3, -0.25) is 10.1 Å². The standard InChI is InChI=1S/C15H22N2O3S/c1-11(2)20-14-8-5-7-13(15(14)17(18)19)16-10-12-6-3-4-9-21-12/h5,7-8,11-12,16H,3-4,6,9-10H2,1-2H3. The second kappa shape index (κ2) is 7.54. The molecule has 0 aliphatic carbocycles. The molecule has 1 fully saturated rings. The Labute approximate surface area is 129 Å². The van der Waals surface area contributed by atoms with Crippen LogP contribution in [0.5, 0.6) is 5.75 Å². The Kier molecular flexibility index (Phi) is 5.73. The topological polar surface area (TPSA) is 64.4 Å². The van der Waals surface area contributed by atoms with Gasteiger partial charge in [0.25, 0.3) is 0 Å². The zero-order valence-electron chi connectivity index (χ0n) is 12.5. The van der Waals surface area contributed by atoms with Crippen molar-refractivity contribution in [1.82, 2.24) is 0 Å². The molecule has 1 aliphatic rings. The molecule has 1 N–H and O–H groups in total. The van der Waals surface area contributed by atoms with Gasteiger partial charge in [-0.2, -0.15) is 11.8 Å². The number of hydrogen-bond donors (Lipinski definition) is 1. The summed E-state index contributed by atoms with van der Waals surface area (Å²) in [5.41, 5.74) is 0.580. The molecule has 0 spiro atoms. The van der Waals surface area contributed by atoms with Crippen LogP contribution in [0.2, 0.25) is 0 Å². The van der Waals surface area contributed by atoms with Crippen molar-refractivity contribution in [2.24, 2.45) is 0 Å². The van der Waals surface area contributed by atoms with Crippen molar-refractivity contribution < 1.29 is 9.66 Å². The average Bonchev–Trinajstić information content (AvgIpc) is 2.45. The lowest BCUT2D eigenvalue weighted by Crippen LogP contribution is -2.20. The maximum absolute atomic E-state index is 11.4. The van der Waals surface area contributed by atoms with Gasteiger partial charge in [-0.1, -0.05) is 12.5 Å². The molecule has 0 bridgehead atoms. The largest absolute Gasteiger partial charge is 0.484 e. The molecule has 116 valence electrons. The van der Waals surface area contributed by atoms with Gasteiger partial charge in [-0.15, -0.1) is 0 Å². The smallest absolute Gasteiger partial charge is 0.333 e. The van der Waals surface area contributed by atoms with E-state index < -0.39 is 0 Å². The summed E-state index contributed by atoms with van der Waals surface area (Å²) in [6.45, 7) is 4.49. The summed E-state index contributed by atoms with van der Waals surface area (Å²) in [5.74, 6) is 1.52. The number of ether oxygens (including phenoxy) is 1. The minimum absolute atomic E-state index is 0.0343. The number of nitrogens with one attached hydrogen (secondary N) is 1. The maximum Gasteiger partial charge on any atom is 0.333 e. The summed E-state index contributed by atoms with van der Waals surface area (Å²) in [6.07, 6.45) is 3.61. The van der Waals surface area contributed by atoms with Crippen LogP contribution in [-0.4, -0.2) is 28.6 Å². The Hall–Kier alpha value is -1.43. The molecule has 1 aliphatic heterocycles. The number of nitrogens with zero attached hydrogens (tertiary/aromatic N) is 1. The summed E-state index contributed by atoms with van der Waals surface area (Å²) >= 11 is 1.95. The quantitative estimate of drug-likeness (QED) is 0.633. The van der Waals surface area contributed by atoms with Crippen LogP contribution >= 0.6 is 11.8 Å². The second-order valence-corrected chi connectivity index (χ2v) is 6.85. The van der Waals surface area contributed by atoms with Crippen molar-refractivity contribution in [3.63, 3.8) is 0 Å². The van der Waals surface area contributed by atoms with Crippen molar-refractivity contribution in [3.8, 4) is 5.75 Å². The van der Waals surface area contributed by atoms with Gasteiger partial charge in [-0.25, -0.2) is 0 Å². The lowest BCUT2D eigenvalue weighted by atomic mass is 10.2. The molecule has 1 aromatic rings. The molecule has 1 atom stereocenters. The molecule has 0 amide bonds. The molecule has 21 heavy (non-hydrogen) atoms. The molecule has 1 unspecified atom stereocenters. The van der Waals surface area contributed by atoms with Crippen molar-refractivity contribution in [1.29, 1.82) is 0 Å². The molecular weight excluding hydrogens is 288 g/mol. The minimum atomic E-state index is -0.367. The molecule has 5 nitrogen and oxygen atoms in total. The highest BCUT2D eigenvalue weighted by Gasteiger charge is 2.23. The molecule has 2 rings (SSSR count). The van der Waals surface area contributed by atoms with E-state index >= 15 is 0 Å². The zero-order chi connectivity index (χ0) is 15.2. The third-order valence-electron chi connectivity index (χ3n) is 3.34. The van der Waals surface area contributed by atoms with Gasteiger partial charge in [0.05, 0.1) is 11.0 Å². The predicted molar refractivity (Wildman–Crippen MR) is 87.4 cm³/mol. The van der Waals surface area contributed by atoms with E-state index in [1.807, 2.05) is 25.6 Å². The van der Waals surface area contributed by atoms with Gasteiger partial charge in [0, 0.05) is 11.8 Å². The highest BCUT2D eigenvalue weighted by atomic mass is 32.2. The Balaban J connectivity index is 2.11. The lowest BCUT2D eigenvalue weighted by Gasteiger charge is -2.22. The fourth-order valence-electron chi connectivity index (χ4n) is 2.39. The number of rotatable bonds is 6. The molecule has 1 saturated heterocycles. The first-order valence-corrected chi connectivity index (χ1v) is 8.42. The SMILES string of the molecule is CC(C)Oc1cccc(NCC2CCCCS2)c1[N+](=O)[O-]. The number of benzene rings is 1. The fraction of sp³-hybridized carbons (Fsp3) is 0.600. The highest BCUT2D eigenvalue weighted by molar-refractivity contribution is 7.99. The highest BCUT2D eigenvalue weighted by Crippen LogP contribution is 2.36. The third-order valence-corrected chi connectivity index (χ3v) is 4.74. The molecule has 1 aromatic carbocycles. The van der Waals surface area contributed by atoms with Gasteiger partial charge >= 0.3 is 5.69 Å². The average molecular weight is 310 g/mol. The Morgan fingerprint density at radius 2 is 2.29 bits per heavy atom. The summed E-state index contributed by atoms with van der Waals surface area (Å²) in [7, 11) is 0. The van der Waals surface area contributed by atoms with Gasteiger partial charge in [0.2, 0.25) is 0 Å². The van der Waals surface area contributed by atoms with Crippen LogP contribution in [0.4, 0.5) is 11.4 Å². The molecular formula is C15H22N2O3S. The van der Waals surface area contributed by atoms with E-state index in [2.05, 4.69) is 5.32 Å². The summed E-state index contributed by atoms with van der Waals surface area (Å²) in [6, 6.07) is 5.19. The van der Waals surface area contributed by atoms with Crippen LogP contribution in [-0.2, 0) is 0 Å². The number of anilines is 1. The van der Waals surface area contributed by atoms with Crippen molar-refractivity contribution in [2.45, 2.75) is 44.5 Å². The van der Waals surface area contributed by atoms with E-state index in [9.17, 15) is 10.1 Å². The fourth-order valence-corrected chi connectivity index (χ4v) is 3.63. The van der Waals surface area contributed by atoms with Gasteiger partial charge < -0.3 is 10.1 Å². The first kappa shape index (κ1) is 15.9. The van der Waals surface area contributed by atoms with Gasteiger partial charge in [0.15, 0.2) is 5.75 Å². The van der Waals surface area contributed by atoms with Crippen LogP contribution in [0.3, 0.4) is 0 Å². The summed E-state index contributed by atoms with van der Waals surface area (Å²) < 4.78 is 5.55. The Bertz CT molecular complexity index is 488. The number of para-hydroxylation sites is 1. The van der Waals surface area contributed by atoms with Crippen LogP contribution < -0.4 is 10.1 Å². The third kappa shape index (κ3) is 4.52. The van der Waals surface area contributed by atoms with Crippen LogP contribution in [0.25, 0.3) is 0 Å². The van der Waals surface area contributed by atoms with Crippen LogP contribution in [0.1, 0.15) is 33.1 Å². The maximum atomic E-state index is 11.4. The summed E-state index contributed by atoms with van der Waals surface area (Å²) in [4.78, 5) is 11.0. The first-order chi connectivity index (χ1) is 10.1. The van der Waals surface area contributed by atoms with Crippen LogP contribution in [0.15, 0.2) is 18.2 Å². The van der Waals surface area contributed by atoms with E-state index in [0.29, 0.717) is 16.7 Å². The molecule has 1 heterocycles. The zero-order valence-corrected chi connectivity index (χ0v) is 13.3. The normalized spacial score (nSPS) is 18.5. The van der Waals surface area contributed by atoms with Crippen molar-refractivity contribution in [2.75, 3.05) is 17.6 Å². The number of nitro groups is 1. The number of thioether (sulfide) groups is 1. The Morgan fingerprint density at radius 3 is 2.90 bits per heavy atom. The van der Waals surface area contributed by atoms with Crippen molar-refractivity contribution in [3.05, 3.63) is 28.3 Å². The molecule has 0 aromatic heterocycles. The van der Waals surface area contributed by atoms with Crippen LogP contribution in [0, 0.1) is 10.1 Å². The van der Waals surface area contributed by atoms with Gasteiger partial charge in [0.1, 0.15) is 5.69 Å². The lowest BCUT2D eigenvalue weighted by molar-refractivity contribution is -0.385. The van der Waals surface area contributed by atoms with E-state index in [4.69, 9.17) is 4.74 Å². The van der Waals surface area contributed by atoms with Crippen molar-refractivity contribution >= 4 is 23.1 Å². The second-order valence-electron chi connectivity index (χ2n) is 5.45. The van der Waals surface area contributed by atoms with E-state index in [-0.39, 0.29) is 16.7 Å². The molecule has 0 saturated carbocycles. The minimum Gasteiger partial charge on any atom is -0.484 e. The number of nitro benzene ring substituents is 1. The molecule has 6 heteroatoms. The first-order valence-electron chi connectivity index (χ1n) is 7.37. The van der Waals surface area contributed by atoms with E-state index in [0.717, 1.165) is 6.54 Å². The van der Waals surface area contributed by atoms with E-state index in [1.54, 1.807) is 18.2 Å². The van der Waals surface area contributed by atoms with E-state index in [1.165, 1.54) is 25.0 Å².